The molecule has 2 saturated heterocycles. The van der Waals surface area contributed by atoms with Crippen LogP contribution in [0.15, 0.2) is 5.11 Å². The maximum absolute atomic E-state index is 11.5. The molecule has 2 aliphatic rings. The van der Waals surface area contributed by atoms with E-state index in [4.69, 9.17) is 19.7 Å². The van der Waals surface area contributed by atoms with Crippen molar-refractivity contribution in [2.45, 2.75) is 75.1 Å². The van der Waals surface area contributed by atoms with Crippen LogP contribution in [0.1, 0.15) is 13.8 Å². The van der Waals surface area contributed by atoms with Gasteiger partial charge in [0.2, 0.25) is 11.8 Å². The third-order valence-electron chi connectivity index (χ3n) is 4.93. The van der Waals surface area contributed by atoms with Gasteiger partial charge in [-0.15, -0.1) is 0 Å². The second-order valence-electron chi connectivity index (χ2n) is 7.24. The molecule has 0 aromatic carbocycles. The van der Waals surface area contributed by atoms with Crippen molar-refractivity contribution in [1.82, 2.24) is 10.6 Å². The van der Waals surface area contributed by atoms with E-state index in [1.807, 2.05) is 0 Å². The molecule has 2 heterocycles. The Hall–Kier alpha value is -2.07. The Kier molecular flexibility index (Phi) is 8.93. The Balaban J connectivity index is 2.13. The zero-order chi connectivity index (χ0) is 23.3. The molecule has 0 radical (unpaired) electrons. The lowest BCUT2D eigenvalue weighted by Gasteiger charge is -2.44. The van der Waals surface area contributed by atoms with Crippen molar-refractivity contribution in [3.63, 3.8) is 0 Å². The highest BCUT2D eigenvalue weighted by atomic mass is 16.7. The van der Waals surface area contributed by atoms with Crippen LogP contribution in [-0.2, 0) is 23.8 Å². The number of aliphatic hydroxyl groups excluding tert-OH is 5. The molecule has 0 saturated carbocycles. The molecule has 0 unspecified atom stereocenters. The number of azide groups is 1. The van der Waals surface area contributed by atoms with Crippen LogP contribution in [0.25, 0.3) is 10.4 Å². The first-order valence-electron chi connectivity index (χ1n) is 9.44. The van der Waals surface area contributed by atoms with Crippen molar-refractivity contribution >= 4 is 11.8 Å². The molecular formula is C16H27N5O10. The molecule has 0 bridgehead atoms. The zero-order valence-electron chi connectivity index (χ0n) is 16.8. The van der Waals surface area contributed by atoms with Crippen molar-refractivity contribution in [3.8, 4) is 0 Å². The number of carbonyl (C=O) groups excluding carboxylic acids is 2. The summed E-state index contributed by atoms with van der Waals surface area (Å²) in [6.07, 6.45) is -11.4. The van der Waals surface area contributed by atoms with Crippen LogP contribution < -0.4 is 10.6 Å². The van der Waals surface area contributed by atoms with Crippen molar-refractivity contribution in [2.75, 3.05) is 13.2 Å². The number of ether oxygens (including phenoxy) is 3. The monoisotopic (exact) mass is 449 g/mol. The lowest BCUT2D eigenvalue weighted by atomic mass is 9.95. The van der Waals surface area contributed by atoms with Gasteiger partial charge in [-0.2, -0.15) is 0 Å². The van der Waals surface area contributed by atoms with Gasteiger partial charge in [-0.1, -0.05) is 5.11 Å². The summed E-state index contributed by atoms with van der Waals surface area (Å²) in [5.74, 6) is -1.11. The van der Waals surface area contributed by atoms with Crippen LogP contribution in [0.3, 0.4) is 0 Å². The zero-order valence-corrected chi connectivity index (χ0v) is 16.8. The minimum Gasteiger partial charge on any atom is -0.394 e. The van der Waals surface area contributed by atoms with Gasteiger partial charge in [-0.05, 0) is 5.53 Å². The first-order chi connectivity index (χ1) is 14.6. The number of carbonyl (C=O) groups is 2. The Morgan fingerprint density at radius 3 is 2.06 bits per heavy atom. The highest BCUT2D eigenvalue weighted by Crippen LogP contribution is 2.26. The highest BCUT2D eigenvalue weighted by Gasteiger charge is 2.48. The van der Waals surface area contributed by atoms with E-state index in [2.05, 4.69) is 20.7 Å². The maximum Gasteiger partial charge on any atom is 0.217 e. The van der Waals surface area contributed by atoms with Crippen molar-refractivity contribution in [1.29, 1.82) is 0 Å². The van der Waals surface area contributed by atoms with Crippen molar-refractivity contribution < 1.29 is 49.3 Å². The number of aliphatic hydroxyl groups is 5. The predicted octanol–water partition coefficient (Wildman–Crippen LogP) is -3.79. The SMILES string of the molecule is CC(=O)N[C@@H]1[C@@H](O)[C@H](O)[C@@H](CO[C@@H]2O[C@H](CO)[C@@H](O)[C@H](O)[C@H]2NC(C)=O)O[C@H]1N=[N+]=[N-]. The predicted molar refractivity (Wildman–Crippen MR) is 98.7 cm³/mol. The van der Waals surface area contributed by atoms with Gasteiger partial charge >= 0.3 is 0 Å². The minimum absolute atomic E-state index is 0.468. The Bertz CT molecular complexity index is 692. The third kappa shape index (κ3) is 6.00. The molecule has 15 heteroatoms. The first-order valence-corrected chi connectivity index (χ1v) is 9.44. The molecule has 0 aromatic rings. The molecule has 15 nitrogen and oxygen atoms in total. The van der Waals surface area contributed by atoms with Gasteiger partial charge in [0, 0.05) is 18.8 Å². The van der Waals surface area contributed by atoms with Gasteiger partial charge in [-0.3, -0.25) is 9.59 Å². The average Bonchev–Trinajstić information content (AvgIpc) is 2.70. The maximum atomic E-state index is 11.5. The molecule has 0 aromatic heterocycles. The van der Waals surface area contributed by atoms with Gasteiger partial charge in [0.15, 0.2) is 12.5 Å². The summed E-state index contributed by atoms with van der Waals surface area (Å²) in [6, 6.07) is -2.44. The topological polar surface area (TPSA) is 236 Å². The number of hydrogen-bond donors (Lipinski definition) is 7. The third-order valence-corrected chi connectivity index (χ3v) is 4.93. The van der Waals surface area contributed by atoms with E-state index in [0.717, 1.165) is 0 Å². The highest BCUT2D eigenvalue weighted by molar-refractivity contribution is 5.73. The Labute approximate surface area is 176 Å². The summed E-state index contributed by atoms with van der Waals surface area (Å²) in [7, 11) is 0. The fraction of sp³-hybridized carbons (Fsp3) is 0.875. The van der Waals surface area contributed by atoms with Crippen LogP contribution in [0.5, 0.6) is 0 Å². The van der Waals surface area contributed by atoms with Crippen molar-refractivity contribution in [3.05, 3.63) is 10.4 Å². The molecule has 10 atom stereocenters. The van der Waals surface area contributed by atoms with Gasteiger partial charge in [0.1, 0.15) is 42.7 Å². The number of hydrogen-bond acceptors (Lipinski definition) is 11. The van der Waals surface area contributed by atoms with E-state index in [-0.39, 0.29) is 0 Å². The molecule has 2 rings (SSSR count). The quantitative estimate of drug-likeness (QED) is 0.114. The molecule has 31 heavy (non-hydrogen) atoms. The van der Waals surface area contributed by atoms with E-state index in [1.165, 1.54) is 13.8 Å². The largest absolute Gasteiger partial charge is 0.394 e. The normalized spacial score (nSPS) is 40.5. The first kappa shape index (κ1) is 25.2. The van der Waals surface area contributed by atoms with Crippen LogP contribution in [-0.4, -0.2) is 112 Å². The number of nitrogens with one attached hydrogen (secondary N) is 2. The van der Waals surface area contributed by atoms with Crippen molar-refractivity contribution in [2.24, 2.45) is 5.11 Å². The second kappa shape index (κ2) is 11.0. The molecule has 0 aliphatic carbocycles. The Morgan fingerprint density at radius 1 is 0.968 bits per heavy atom. The Morgan fingerprint density at radius 2 is 1.52 bits per heavy atom. The molecule has 2 fully saturated rings. The van der Waals surface area contributed by atoms with Gasteiger partial charge < -0.3 is 50.4 Å². The van der Waals surface area contributed by atoms with Gasteiger partial charge in [-0.25, -0.2) is 0 Å². The smallest absolute Gasteiger partial charge is 0.217 e. The summed E-state index contributed by atoms with van der Waals surface area (Å²) >= 11 is 0. The molecule has 0 spiro atoms. The number of amides is 2. The van der Waals surface area contributed by atoms with Crippen LogP contribution in [0, 0.1) is 0 Å². The molecule has 2 aliphatic heterocycles. The van der Waals surface area contributed by atoms with Crippen LogP contribution in [0.2, 0.25) is 0 Å². The number of nitrogens with zero attached hydrogens (tertiary/aromatic N) is 3. The van der Waals surface area contributed by atoms with Gasteiger partial charge in [0.25, 0.3) is 0 Å². The molecule has 176 valence electrons. The average molecular weight is 449 g/mol. The fourth-order valence-electron chi connectivity index (χ4n) is 3.43. The van der Waals surface area contributed by atoms with Gasteiger partial charge in [0.05, 0.1) is 19.3 Å². The summed E-state index contributed by atoms with van der Waals surface area (Å²) in [4.78, 5) is 25.4. The summed E-state index contributed by atoms with van der Waals surface area (Å²) in [5.41, 5.74) is 8.73. The number of rotatable bonds is 7. The van der Waals surface area contributed by atoms with E-state index >= 15 is 0 Å². The molecule has 7 N–H and O–H groups in total. The summed E-state index contributed by atoms with van der Waals surface area (Å²) in [6.45, 7) is 1.22. The lowest BCUT2D eigenvalue weighted by Crippen LogP contribution is -2.66. The van der Waals surface area contributed by atoms with E-state index in [9.17, 15) is 35.1 Å². The lowest BCUT2D eigenvalue weighted by molar-refractivity contribution is -0.285. The van der Waals surface area contributed by atoms with Crippen LogP contribution in [0.4, 0.5) is 0 Å². The van der Waals surface area contributed by atoms with Crippen LogP contribution >= 0.6 is 0 Å². The standard InChI is InChI=1S/C16H27N5O10/c1-5(23)18-9-13(27)12(26)8(30-15(9)20-21-17)4-29-16-10(19-6(2)24)14(28)11(25)7(3-22)31-16/h7-16,22,25-28H,3-4H2,1-2H3,(H,18,23)(H,19,24)/t7-,8-,9-,10-,11-,12-,13-,14-,15-,16-/m1/s1. The summed E-state index contributed by atoms with van der Waals surface area (Å²) < 4.78 is 16.4. The van der Waals surface area contributed by atoms with E-state index in [1.54, 1.807) is 0 Å². The van der Waals surface area contributed by atoms with E-state index in [0.29, 0.717) is 0 Å². The fourth-order valence-corrected chi connectivity index (χ4v) is 3.43. The van der Waals surface area contributed by atoms with E-state index < -0.39 is 86.3 Å². The summed E-state index contributed by atoms with van der Waals surface area (Å²) in [5, 5.41) is 58.4. The second-order valence-corrected chi connectivity index (χ2v) is 7.24. The minimum atomic E-state index is -1.58. The molecular weight excluding hydrogens is 422 g/mol. The molecule has 2 amide bonds.